The SMILES string of the molecule is CC(=O)Nc1ccccc1-c1ccc(C(=O)CCC(=O)O)cc1. The molecule has 0 atom stereocenters. The zero-order valence-electron chi connectivity index (χ0n) is 12.7. The van der Waals surface area contributed by atoms with Crippen molar-refractivity contribution in [2.45, 2.75) is 19.8 Å². The number of para-hydroxylation sites is 1. The number of carbonyl (C=O) groups excluding carboxylic acids is 2. The Hall–Kier alpha value is -2.95. The van der Waals surface area contributed by atoms with Crippen molar-refractivity contribution in [3.05, 3.63) is 54.1 Å². The molecule has 1 amide bonds. The number of nitrogens with one attached hydrogen (secondary N) is 1. The molecular weight excluding hydrogens is 294 g/mol. The van der Waals surface area contributed by atoms with Gasteiger partial charge in [-0.25, -0.2) is 0 Å². The lowest BCUT2D eigenvalue weighted by Crippen LogP contribution is -2.07. The first kappa shape index (κ1) is 16.4. The number of ketones is 1. The highest BCUT2D eigenvalue weighted by molar-refractivity contribution is 5.98. The molecule has 118 valence electrons. The van der Waals surface area contributed by atoms with Crippen LogP contribution in [-0.2, 0) is 9.59 Å². The number of carboxylic acid groups (broad SMARTS) is 1. The number of hydrogen-bond acceptors (Lipinski definition) is 3. The Morgan fingerprint density at radius 1 is 0.957 bits per heavy atom. The van der Waals surface area contributed by atoms with Crippen LogP contribution >= 0.6 is 0 Å². The summed E-state index contributed by atoms with van der Waals surface area (Å²) in [6, 6.07) is 14.3. The molecule has 2 aromatic carbocycles. The van der Waals surface area contributed by atoms with Gasteiger partial charge in [0.15, 0.2) is 5.78 Å². The van der Waals surface area contributed by atoms with E-state index < -0.39 is 5.97 Å². The quantitative estimate of drug-likeness (QED) is 0.801. The van der Waals surface area contributed by atoms with Gasteiger partial charge in [-0.2, -0.15) is 0 Å². The highest BCUT2D eigenvalue weighted by atomic mass is 16.4. The molecule has 0 aliphatic carbocycles. The maximum atomic E-state index is 11.9. The van der Waals surface area contributed by atoms with E-state index in [0.717, 1.165) is 11.1 Å². The molecule has 2 N–H and O–H groups in total. The van der Waals surface area contributed by atoms with Gasteiger partial charge in [-0.05, 0) is 11.6 Å². The molecule has 0 unspecified atom stereocenters. The molecule has 0 fully saturated rings. The van der Waals surface area contributed by atoms with Crippen molar-refractivity contribution >= 4 is 23.3 Å². The first-order chi connectivity index (χ1) is 11.0. The third-order valence-corrected chi connectivity index (χ3v) is 3.32. The second-order valence-electron chi connectivity index (χ2n) is 5.12. The molecule has 0 aliphatic heterocycles. The van der Waals surface area contributed by atoms with Gasteiger partial charge in [0.05, 0.1) is 6.42 Å². The van der Waals surface area contributed by atoms with Gasteiger partial charge >= 0.3 is 5.97 Å². The third-order valence-electron chi connectivity index (χ3n) is 3.32. The molecule has 2 rings (SSSR count). The molecular formula is C18H17NO4. The van der Waals surface area contributed by atoms with Gasteiger partial charge in [-0.3, -0.25) is 14.4 Å². The molecule has 23 heavy (non-hydrogen) atoms. The van der Waals surface area contributed by atoms with Crippen molar-refractivity contribution in [1.29, 1.82) is 0 Å². The lowest BCUT2D eigenvalue weighted by molar-refractivity contribution is -0.137. The van der Waals surface area contributed by atoms with E-state index in [1.807, 2.05) is 24.3 Å². The fourth-order valence-corrected chi connectivity index (χ4v) is 2.23. The number of Topliss-reactive ketones (excluding diaryl/α,β-unsaturated/α-hetero) is 1. The normalized spacial score (nSPS) is 10.1. The molecule has 0 heterocycles. The van der Waals surface area contributed by atoms with Crippen LogP contribution in [-0.4, -0.2) is 22.8 Å². The maximum absolute atomic E-state index is 11.9. The summed E-state index contributed by atoms with van der Waals surface area (Å²) in [7, 11) is 0. The molecule has 0 saturated carbocycles. The summed E-state index contributed by atoms with van der Waals surface area (Å²) in [5, 5.41) is 11.4. The van der Waals surface area contributed by atoms with E-state index in [2.05, 4.69) is 5.32 Å². The number of amides is 1. The van der Waals surface area contributed by atoms with Gasteiger partial charge in [-0.15, -0.1) is 0 Å². The Balaban J connectivity index is 2.21. The third kappa shape index (κ3) is 4.51. The molecule has 5 nitrogen and oxygen atoms in total. The summed E-state index contributed by atoms with van der Waals surface area (Å²) in [5.74, 6) is -1.34. The smallest absolute Gasteiger partial charge is 0.303 e. The van der Waals surface area contributed by atoms with Crippen LogP contribution in [0.15, 0.2) is 48.5 Å². The van der Waals surface area contributed by atoms with Crippen LogP contribution in [0.1, 0.15) is 30.1 Å². The minimum absolute atomic E-state index is 0.0167. The summed E-state index contributed by atoms with van der Waals surface area (Å²) in [6.07, 6.45) is -0.191. The minimum Gasteiger partial charge on any atom is -0.481 e. The molecule has 0 spiro atoms. The van der Waals surface area contributed by atoms with Crippen LogP contribution < -0.4 is 5.32 Å². The molecule has 0 bridgehead atoms. The number of carboxylic acids is 1. The van der Waals surface area contributed by atoms with Crippen molar-refractivity contribution < 1.29 is 19.5 Å². The van der Waals surface area contributed by atoms with Crippen molar-refractivity contribution in [2.24, 2.45) is 0 Å². The first-order valence-corrected chi connectivity index (χ1v) is 7.19. The minimum atomic E-state index is -0.987. The maximum Gasteiger partial charge on any atom is 0.303 e. The lowest BCUT2D eigenvalue weighted by atomic mass is 9.99. The van der Waals surface area contributed by atoms with E-state index in [1.165, 1.54) is 6.92 Å². The highest BCUT2D eigenvalue weighted by Gasteiger charge is 2.10. The summed E-state index contributed by atoms with van der Waals surface area (Å²) in [6.45, 7) is 1.45. The van der Waals surface area contributed by atoms with E-state index >= 15 is 0 Å². The average Bonchev–Trinajstić information content (AvgIpc) is 2.53. The van der Waals surface area contributed by atoms with Gasteiger partial charge < -0.3 is 10.4 Å². The van der Waals surface area contributed by atoms with Crippen molar-refractivity contribution in [1.82, 2.24) is 0 Å². The Morgan fingerprint density at radius 3 is 2.22 bits per heavy atom. The number of carbonyl (C=O) groups is 3. The summed E-state index contributed by atoms with van der Waals surface area (Å²) >= 11 is 0. The predicted octanol–water partition coefficient (Wildman–Crippen LogP) is 3.36. The number of aliphatic carboxylic acids is 1. The molecule has 0 aromatic heterocycles. The molecule has 5 heteroatoms. The van der Waals surface area contributed by atoms with E-state index in [9.17, 15) is 14.4 Å². The van der Waals surface area contributed by atoms with Gasteiger partial charge in [-0.1, -0.05) is 42.5 Å². The lowest BCUT2D eigenvalue weighted by Gasteiger charge is -2.10. The number of rotatable bonds is 6. The van der Waals surface area contributed by atoms with Crippen molar-refractivity contribution in [3.8, 4) is 11.1 Å². The van der Waals surface area contributed by atoms with Gasteiger partial charge in [0.2, 0.25) is 5.91 Å². The fourth-order valence-electron chi connectivity index (χ4n) is 2.23. The zero-order valence-corrected chi connectivity index (χ0v) is 12.7. The summed E-state index contributed by atoms with van der Waals surface area (Å²) in [4.78, 5) is 33.7. The average molecular weight is 311 g/mol. The van der Waals surface area contributed by atoms with Crippen molar-refractivity contribution in [2.75, 3.05) is 5.32 Å². The molecule has 0 radical (unpaired) electrons. The van der Waals surface area contributed by atoms with Gasteiger partial charge in [0.1, 0.15) is 0 Å². The monoisotopic (exact) mass is 311 g/mol. The van der Waals surface area contributed by atoms with Crippen LogP contribution in [0.2, 0.25) is 0 Å². The van der Waals surface area contributed by atoms with Crippen LogP contribution in [0, 0.1) is 0 Å². The summed E-state index contributed by atoms with van der Waals surface area (Å²) < 4.78 is 0. The second-order valence-corrected chi connectivity index (χ2v) is 5.12. The fraction of sp³-hybridized carbons (Fsp3) is 0.167. The zero-order chi connectivity index (χ0) is 16.8. The number of benzene rings is 2. The standard InChI is InChI=1S/C18H17NO4/c1-12(20)19-16-5-3-2-4-15(16)13-6-8-14(9-7-13)17(21)10-11-18(22)23/h2-9H,10-11H2,1H3,(H,19,20)(H,22,23). The highest BCUT2D eigenvalue weighted by Crippen LogP contribution is 2.28. The number of anilines is 1. The van der Waals surface area contributed by atoms with Gasteiger partial charge in [0.25, 0.3) is 0 Å². The van der Waals surface area contributed by atoms with Crippen LogP contribution in [0.25, 0.3) is 11.1 Å². The van der Waals surface area contributed by atoms with E-state index in [-0.39, 0.29) is 24.5 Å². The predicted molar refractivity (Wildman–Crippen MR) is 87.4 cm³/mol. The first-order valence-electron chi connectivity index (χ1n) is 7.19. The number of hydrogen-bond donors (Lipinski definition) is 2. The van der Waals surface area contributed by atoms with Crippen molar-refractivity contribution in [3.63, 3.8) is 0 Å². The molecule has 0 aliphatic rings. The van der Waals surface area contributed by atoms with Crippen LogP contribution in [0.5, 0.6) is 0 Å². The van der Waals surface area contributed by atoms with Gasteiger partial charge in [0, 0.05) is 30.2 Å². The summed E-state index contributed by atoms with van der Waals surface area (Å²) in [5.41, 5.74) is 2.90. The van der Waals surface area contributed by atoms with Crippen LogP contribution in [0.3, 0.4) is 0 Å². The van der Waals surface area contributed by atoms with E-state index in [4.69, 9.17) is 5.11 Å². The van der Waals surface area contributed by atoms with E-state index in [0.29, 0.717) is 11.3 Å². The topological polar surface area (TPSA) is 83.5 Å². The van der Waals surface area contributed by atoms with Crippen LogP contribution in [0.4, 0.5) is 5.69 Å². The Bertz CT molecular complexity index is 735. The Labute approximate surface area is 134 Å². The van der Waals surface area contributed by atoms with E-state index in [1.54, 1.807) is 24.3 Å². The largest absolute Gasteiger partial charge is 0.481 e. The Kier molecular flexibility index (Phi) is 5.25. The Morgan fingerprint density at radius 2 is 1.61 bits per heavy atom. The molecule has 0 saturated heterocycles. The molecule has 2 aromatic rings. The second kappa shape index (κ2) is 7.35.